The minimum atomic E-state index is -0.0264. The Morgan fingerprint density at radius 3 is 2.76 bits per heavy atom. The van der Waals surface area contributed by atoms with Gasteiger partial charge in [-0.15, -0.1) is 0 Å². The van der Waals surface area contributed by atoms with Crippen LogP contribution in [-0.4, -0.2) is 15.6 Å². The highest BCUT2D eigenvalue weighted by molar-refractivity contribution is 5.95. The fraction of sp³-hybridized carbons (Fsp3) is 0.385. The molecule has 0 aromatic carbocycles. The zero-order valence-electron chi connectivity index (χ0n) is 10.3. The average Bonchev–Trinajstić information content (AvgIpc) is 2.86. The molecule has 0 unspecified atom stereocenters. The van der Waals surface area contributed by atoms with Crippen LogP contribution in [0.25, 0.3) is 0 Å². The molecule has 0 bridgehead atoms. The van der Waals surface area contributed by atoms with Crippen molar-refractivity contribution < 1.29 is 9.21 Å². The molecule has 2 rings (SSSR count). The topological polar surface area (TPSA) is 48.0 Å². The van der Waals surface area contributed by atoms with E-state index in [1.807, 2.05) is 23.9 Å². The van der Waals surface area contributed by atoms with Gasteiger partial charge in [-0.1, -0.05) is 0 Å². The largest absolute Gasteiger partial charge is 0.461 e. The minimum Gasteiger partial charge on any atom is -0.461 e. The van der Waals surface area contributed by atoms with Crippen molar-refractivity contribution in [1.29, 1.82) is 0 Å². The highest BCUT2D eigenvalue weighted by Gasteiger charge is 2.14. The van der Waals surface area contributed by atoms with Crippen LogP contribution in [0.2, 0.25) is 0 Å². The molecule has 0 N–H and O–H groups in total. The third-order valence-electron chi connectivity index (χ3n) is 2.65. The molecule has 0 saturated heterocycles. The van der Waals surface area contributed by atoms with Crippen LogP contribution in [0.15, 0.2) is 29.0 Å². The number of aromatic nitrogens is 2. The summed E-state index contributed by atoms with van der Waals surface area (Å²) in [4.78, 5) is 11.9. The average molecular weight is 232 g/mol. The molecular formula is C13H16N2O2. The summed E-state index contributed by atoms with van der Waals surface area (Å²) >= 11 is 0. The molecule has 0 atom stereocenters. The Hall–Kier alpha value is -1.84. The molecule has 0 spiro atoms. The second-order valence-electron chi connectivity index (χ2n) is 4.41. The Bertz CT molecular complexity index is 523. The number of carbonyl (C=O) groups excluding carboxylic acids is 1. The maximum Gasteiger partial charge on any atom is 0.204 e. The summed E-state index contributed by atoms with van der Waals surface area (Å²) < 4.78 is 7.01. The zero-order valence-corrected chi connectivity index (χ0v) is 10.3. The lowest BCUT2D eigenvalue weighted by atomic mass is 10.1. The van der Waals surface area contributed by atoms with Crippen molar-refractivity contribution in [2.45, 2.75) is 33.2 Å². The highest BCUT2D eigenvalue weighted by atomic mass is 16.3. The monoisotopic (exact) mass is 232 g/mol. The summed E-state index contributed by atoms with van der Waals surface area (Å²) in [5.41, 5.74) is 1.65. The molecule has 90 valence electrons. The molecule has 0 aliphatic carbocycles. The number of furan rings is 1. The van der Waals surface area contributed by atoms with Crippen molar-refractivity contribution >= 4 is 5.78 Å². The fourth-order valence-corrected chi connectivity index (χ4v) is 1.66. The van der Waals surface area contributed by atoms with E-state index in [1.54, 1.807) is 6.07 Å². The Morgan fingerprint density at radius 1 is 1.47 bits per heavy atom. The summed E-state index contributed by atoms with van der Waals surface area (Å²) in [6.07, 6.45) is 3.71. The lowest BCUT2D eigenvalue weighted by Crippen LogP contribution is -2.06. The summed E-state index contributed by atoms with van der Waals surface area (Å²) in [5, 5.41) is 4.34. The Balaban J connectivity index is 2.11. The van der Waals surface area contributed by atoms with E-state index >= 15 is 0 Å². The van der Waals surface area contributed by atoms with Crippen molar-refractivity contribution in [1.82, 2.24) is 9.78 Å². The Morgan fingerprint density at radius 2 is 2.24 bits per heavy atom. The molecule has 0 amide bonds. The normalized spacial score (nSPS) is 11.1. The van der Waals surface area contributed by atoms with Gasteiger partial charge in [0, 0.05) is 12.2 Å². The molecule has 0 saturated carbocycles. The van der Waals surface area contributed by atoms with Crippen LogP contribution in [0, 0.1) is 6.92 Å². The molecule has 0 aliphatic heterocycles. The second kappa shape index (κ2) is 4.57. The quantitative estimate of drug-likeness (QED) is 0.761. The van der Waals surface area contributed by atoms with Gasteiger partial charge in [-0.25, -0.2) is 0 Å². The van der Waals surface area contributed by atoms with Gasteiger partial charge in [0.05, 0.1) is 18.4 Å². The van der Waals surface area contributed by atoms with Crippen LogP contribution in [0.4, 0.5) is 0 Å². The molecule has 4 nitrogen and oxygen atoms in total. The van der Waals surface area contributed by atoms with E-state index < -0.39 is 0 Å². The lowest BCUT2D eigenvalue weighted by Gasteiger charge is -2.03. The fourth-order valence-electron chi connectivity index (χ4n) is 1.66. The first-order chi connectivity index (χ1) is 8.08. The number of Topliss-reactive ketones (excluding diaryl/α,β-unsaturated/α-hetero) is 1. The van der Waals surface area contributed by atoms with Crippen molar-refractivity contribution in [2.75, 3.05) is 0 Å². The number of hydrogen-bond acceptors (Lipinski definition) is 3. The van der Waals surface area contributed by atoms with Crippen LogP contribution < -0.4 is 0 Å². The smallest absolute Gasteiger partial charge is 0.204 e. The molecule has 17 heavy (non-hydrogen) atoms. The van der Waals surface area contributed by atoms with Gasteiger partial charge in [-0.3, -0.25) is 9.48 Å². The number of rotatable bonds is 4. The molecule has 4 heteroatoms. The van der Waals surface area contributed by atoms with Gasteiger partial charge < -0.3 is 4.42 Å². The predicted molar refractivity (Wildman–Crippen MR) is 64.1 cm³/mol. The molecule has 0 fully saturated rings. The number of aryl methyl sites for hydroxylation is 1. The van der Waals surface area contributed by atoms with Gasteiger partial charge in [0.2, 0.25) is 5.78 Å². The maximum atomic E-state index is 11.9. The van der Waals surface area contributed by atoms with E-state index in [2.05, 4.69) is 18.9 Å². The van der Waals surface area contributed by atoms with Crippen LogP contribution in [0.1, 0.15) is 41.7 Å². The van der Waals surface area contributed by atoms with Gasteiger partial charge >= 0.3 is 0 Å². The van der Waals surface area contributed by atoms with E-state index in [4.69, 9.17) is 4.42 Å². The van der Waals surface area contributed by atoms with E-state index in [9.17, 15) is 4.79 Å². The summed E-state index contributed by atoms with van der Waals surface area (Å²) in [7, 11) is 0. The number of nitrogens with zero attached hydrogens (tertiary/aromatic N) is 2. The Labute approximate surface area is 100 Å². The van der Waals surface area contributed by atoms with Crippen molar-refractivity contribution in [3.05, 3.63) is 41.6 Å². The summed E-state index contributed by atoms with van der Waals surface area (Å²) in [5.74, 6) is 0.408. The van der Waals surface area contributed by atoms with Gasteiger partial charge in [0.25, 0.3) is 0 Å². The van der Waals surface area contributed by atoms with Crippen LogP contribution >= 0.6 is 0 Å². The number of carbonyl (C=O) groups is 1. The van der Waals surface area contributed by atoms with E-state index in [-0.39, 0.29) is 12.2 Å². The first-order valence-corrected chi connectivity index (χ1v) is 5.69. The first kappa shape index (κ1) is 11.6. The standard InChI is InChI=1S/C13H16N2O2/c1-9(2)15-6-4-11(14-15)8-12(16)13-10(3)5-7-17-13/h4-7,9H,8H2,1-3H3. The third kappa shape index (κ3) is 2.46. The lowest BCUT2D eigenvalue weighted by molar-refractivity contribution is 0.0964. The number of hydrogen-bond donors (Lipinski definition) is 0. The first-order valence-electron chi connectivity index (χ1n) is 5.69. The number of ketones is 1. The summed E-state index contributed by atoms with van der Waals surface area (Å²) in [6.45, 7) is 5.97. The van der Waals surface area contributed by atoms with E-state index in [0.29, 0.717) is 11.8 Å². The van der Waals surface area contributed by atoms with Crippen LogP contribution in [0.5, 0.6) is 0 Å². The molecule has 2 aromatic heterocycles. The summed E-state index contributed by atoms with van der Waals surface area (Å²) in [6, 6.07) is 3.97. The van der Waals surface area contributed by atoms with Gasteiger partial charge in [0.1, 0.15) is 0 Å². The highest BCUT2D eigenvalue weighted by Crippen LogP contribution is 2.13. The van der Waals surface area contributed by atoms with Crippen LogP contribution in [-0.2, 0) is 6.42 Å². The van der Waals surface area contributed by atoms with Gasteiger partial charge in [-0.05, 0) is 38.5 Å². The molecule has 0 aliphatic rings. The predicted octanol–water partition coefficient (Wildman–Crippen LogP) is 2.79. The van der Waals surface area contributed by atoms with E-state index in [0.717, 1.165) is 11.3 Å². The molecular weight excluding hydrogens is 216 g/mol. The zero-order chi connectivity index (χ0) is 12.4. The molecule has 2 heterocycles. The minimum absolute atomic E-state index is 0.0264. The third-order valence-corrected chi connectivity index (χ3v) is 2.65. The Kier molecular flexibility index (Phi) is 3.13. The van der Waals surface area contributed by atoms with Gasteiger partial charge in [-0.2, -0.15) is 5.10 Å². The second-order valence-corrected chi connectivity index (χ2v) is 4.41. The van der Waals surface area contributed by atoms with Gasteiger partial charge in [0.15, 0.2) is 5.76 Å². The van der Waals surface area contributed by atoms with Crippen molar-refractivity contribution in [3.63, 3.8) is 0 Å². The van der Waals surface area contributed by atoms with E-state index in [1.165, 1.54) is 6.26 Å². The maximum absolute atomic E-state index is 11.9. The van der Waals surface area contributed by atoms with Crippen molar-refractivity contribution in [3.8, 4) is 0 Å². The van der Waals surface area contributed by atoms with Crippen LogP contribution in [0.3, 0.4) is 0 Å². The van der Waals surface area contributed by atoms with Crippen molar-refractivity contribution in [2.24, 2.45) is 0 Å². The molecule has 0 radical (unpaired) electrons. The molecule has 2 aromatic rings. The SMILES string of the molecule is Cc1ccoc1C(=O)Cc1ccn(C(C)C)n1.